The number of phenols is 1. The second-order valence-electron chi connectivity index (χ2n) is 2.70. The van der Waals surface area contributed by atoms with Crippen LogP contribution in [0.3, 0.4) is 0 Å². The van der Waals surface area contributed by atoms with Gasteiger partial charge in [0.25, 0.3) is 0 Å². The molecule has 1 aromatic rings. The number of rotatable bonds is 4. The van der Waals surface area contributed by atoms with Gasteiger partial charge in [-0.3, -0.25) is 0 Å². The van der Waals surface area contributed by atoms with Gasteiger partial charge in [0.15, 0.2) is 6.79 Å². The molecule has 0 radical (unpaired) electrons. The zero-order chi connectivity index (χ0) is 9.68. The van der Waals surface area contributed by atoms with Crippen LogP contribution in [-0.2, 0) is 11.2 Å². The topological polar surface area (TPSA) is 38.7 Å². The number of benzene rings is 1. The molecule has 0 aromatic heterocycles. The summed E-state index contributed by atoms with van der Waals surface area (Å²) in [4.78, 5) is 0. The van der Waals surface area contributed by atoms with E-state index in [9.17, 15) is 5.11 Å². The average molecular weight is 182 g/mol. The SMILES string of the molecule is CCc1cc(O)ccc1OCOC. The van der Waals surface area contributed by atoms with Crippen LogP contribution in [0, 0.1) is 0 Å². The van der Waals surface area contributed by atoms with Crippen molar-refractivity contribution >= 4 is 0 Å². The molecule has 0 amide bonds. The van der Waals surface area contributed by atoms with Crippen molar-refractivity contribution in [2.24, 2.45) is 0 Å². The van der Waals surface area contributed by atoms with Crippen molar-refractivity contribution in [1.82, 2.24) is 0 Å². The van der Waals surface area contributed by atoms with Crippen molar-refractivity contribution < 1.29 is 14.6 Å². The van der Waals surface area contributed by atoms with Crippen molar-refractivity contribution in [3.63, 3.8) is 0 Å². The van der Waals surface area contributed by atoms with Crippen LogP contribution in [0.2, 0.25) is 0 Å². The van der Waals surface area contributed by atoms with E-state index in [0.29, 0.717) is 0 Å². The Morgan fingerprint density at radius 3 is 2.77 bits per heavy atom. The summed E-state index contributed by atoms with van der Waals surface area (Å²) in [6, 6.07) is 5.04. The van der Waals surface area contributed by atoms with E-state index in [1.54, 1.807) is 25.3 Å². The molecule has 0 saturated heterocycles. The lowest BCUT2D eigenvalue weighted by Crippen LogP contribution is -2.00. The molecule has 0 spiro atoms. The fourth-order valence-corrected chi connectivity index (χ4v) is 1.11. The van der Waals surface area contributed by atoms with E-state index in [1.807, 2.05) is 6.92 Å². The summed E-state index contributed by atoms with van der Waals surface area (Å²) in [5, 5.41) is 9.21. The largest absolute Gasteiger partial charge is 0.508 e. The molecule has 0 bridgehead atoms. The lowest BCUT2D eigenvalue weighted by Gasteiger charge is -2.09. The third-order valence-corrected chi connectivity index (χ3v) is 1.76. The molecule has 3 nitrogen and oxygen atoms in total. The Kier molecular flexibility index (Phi) is 3.58. The van der Waals surface area contributed by atoms with Gasteiger partial charge in [-0.1, -0.05) is 6.92 Å². The van der Waals surface area contributed by atoms with E-state index in [0.717, 1.165) is 17.7 Å². The van der Waals surface area contributed by atoms with Gasteiger partial charge in [0, 0.05) is 7.11 Å². The van der Waals surface area contributed by atoms with E-state index < -0.39 is 0 Å². The van der Waals surface area contributed by atoms with Crippen molar-refractivity contribution in [3.8, 4) is 11.5 Å². The summed E-state index contributed by atoms with van der Waals surface area (Å²) in [6.45, 7) is 2.24. The maximum absolute atomic E-state index is 9.21. The first kappa shape index (κ1) is 9.86. The predicted octanol–water partition coefficient (Wildman–Crippen LogP) is 1.94. The molecule has 0 aliphatic rings. The van der Waals surface area contributed by atoms with Gasteiger partial charge >= 0.3 is 0 Å². The Bertz CT molecular complexity index is 271. The smallest absolute Gasteiger partial charge is 0.188 e. The van der Waals surface area contributed by atoms with Gasteiger partial charge < -0.3 is 14.6 Å². The predicted molar refractivity (Wildman–Crippen MR) is 50.0 cm³/mol. The summed E-state index contributed by atoms with van der Waals surface area (Å²) in [5.74, 6) is 1.03. The van der Waals surface area contributed by atoms with Gasteiger partial charge in [0.2, 0.25) is 0 Å². The fourth-order valence-electron chi connectivity index (χ4n) is 1.11. The minimum Gasteiger partial charge on any atom is -0.508 e. The molecule has 1 N–H and O–H groups in total. The van der Waals surface area contributed by atoms with Crippen molar-refractivity contribution in [2.45, 2.75) is 13.3 Å². The summed E-state index contributed by atoms with van der Waals surface area (Å²) in [7, 11) is 1.58. The Morgan fingerprint density at radius 2 is 2.15 bits per heavy atom. The molecule has 72 valence electrons. The first-order chi connectivity index (χ1) is 6.27. The average Bonchev–Trinajstić information content (AvgIpc) is 2.16. The van der Waals surface area contributed by atoms with Crippen LogP contribution in [0.15, 0.2) is 18.2 Å². The minimum atomic E-state index is 0.234. The lowest BCUT2D eigenvalue weighted by atomic mass is 10.1. The van der Waals surface area contributed by atoms with E-state index in [-0.39, 0.29) is 12.5 Å². The van der Waals surface area contributed by atoms with E-state index in [4.69, 9.17) is 9.47 Å². The van der Waals surface area contributed by atoms with E-state index in [1.165, 1.54) is 0 Å². The number of aryl methyl sites for hydroxylation is 1. The van der Waals surface area contributed by atoms with Gasteiger partial charge in [-0.05, 0) is 30.2 Å². The van der Waals surface area contributed by atoms with Crippen LogP contribution in [-0.4, -0.2) is 19.0 Å². The molecular formula is C10H14O3. The minimum absolute atomic E-state index is 0.234. The second kappa shape index (κ2) is 4.72. The molecule has 0 aliphatic heterocycles. The number of hydrogen-bond acceptors (Lipinski definition) is 3. The van der Waals surface area contributed by atoms with Crippen LogP contribution in [0.4, 0.5) is 0 Å². The fraction of sp³-hybridized carbons (Fsp3) is 0.400. The highest BCUT2D eigenvalue weighted by Crippen LogP contribution is 2.23. The van der Waals surface area contributed by atoms with E-state index >= 15 is 0 Å². The molecule has 3 heteroatoms. The molecule has 0 saturated carbocycles. The Balaban J connectivity index is 2.79. The molecule has 0 atom stereocenters. The van der Waals surface area contributed by atoms with Crippen LogP contribution in [0.25, 0.3) is 0 Å². The van der Waals surface area contributed by atoms with Crippen LogP contribution >= 0.6 is 0 Å². The highest BCUT2D eigenvalue weighted by atomic mass is 16.7. The molecule has 1 rings (SSSR count). The van der Waals surface area contributed by atoms with Crippen LogP contribution < -0.4 is 4.74 Å². The number of hydrogen-bond donors (Lipinski definition) is 1. The summed E-state index contributed by atoms with van der Waals surface area (Å²) in [6.07, 6.45) is 0.827. The van der Waals surface area contributed by atoms with Gasteiger partial charge in [-0.15, -0.1) is 0 Å². The maximum atomic E-state index is 9.21. The highest BCUT2D eigenvalue weighted by molar-refractivity contribution is 5.39. The van der Waals surface area contributed by atoms with E-state index in [2.05, 4.69) is 0 Å². The normalized spacial score (nSPS) is 10.0. The van der Waals surface area contributed by atoms with Gasteiger partial charge in [-0.2, -0.15) is 0 Å². The van der Waals surface area contributed by atoms with Crippen LogP contribution in [0.5, 0.6) is 11.5 Å². The first-order valence-corrected chi connectivity index (χ1v) is 4.21. The highest BCUT2D eigenvalue weighted by Gasteiger charge is 2.02. The zero-order valence-corrected chi connectivity index (χ0v) is 7.91. The molecular weight excluding hydrogens is 168 g/mol. The van der Waals surface area contributed by atoms with Crippen molar-refractivity contribution in [3.05, 3.63) is 23.8 Å². The number of methoxy groups -OCH3 is 1. The monoisotopic (exact) mass is 182 g/mol. The standard InChI is InChI=1S/C10H14O3/c1-3-8-6-9(11)4-5-10(8)13-7-12-2/h4-6,11H,3,7H2,1-2H3. The van der Waals surface area contributed by atoms with Gasteiger partial charge in [-0.25, -0.2) is 0 Å². The molecule has 0 unspecified atom stereocenters. The summed E-state index contributed by atoms with van der Waals surface area (Å²) < 4.78 is 10.1. The summed E-state index contributed by atoms with van der Waals surface area (Å²) >= 11 is 0. The van der Waals surface area contributed by atoms with Crippen molar-refractivity contribution in [1.29, 1.82) is 0 Å². The molecule has 0 heterocycles. The second-order valence-corrected chi connectivity index (χ2v) is 2.70. The molecule has 13 heavy (non-hydrogen) atoms. The van der Waals surface area contributed by atoms with Crippen molar-refractivity contribution in [2.75, 3.05) is 13.9 Å². The summed E-state index contributed by atoms with van der Waals surface area (Å²) in [5.41, 5.74) is 0.983. The number of phenolic OH excluding ortho intramolecular Hbond substituents is 1. The Morgan fingerprint density at radius 1 is 1.38 bits per heavy atom. The van der Waals surface area contributed by atoms with Gasteiger partial charge in [0.1, 0.15) is 11.5 Å². The third-order valence-electron chi connectivity index (χ3n) is 1.76. The Labute approximate surface area is 77.9 Å². The molecule has 0 fully saturated rings. The van der Waals surface area contributed by atoms with Gasteiger partial charge in [0.05, 0.1) is 0 Å². The van der Waals surface area contributed by atoms with Crippen LogP contribution in [0.1, 0.15) is 12.5 Å². The quantitative estimate of drug-likeness (QED) is 0.723. The Hall–Kier alpha value is -1.22. The molecule has 0 aliphatic carbocycles. The lowest BCUT2D eigenvalue weighted by molar-refractivity contribution is 0.0504. The number of aromatic hydroxyl groups is 1. The third kappa shape index (κ3) is 2.63. The zero-order valence-electron chi connectivity index (χ0n) is 7.91. The maximum Gasteiger partial charge on any atom is 0.188 e. The number of ether oxygens (including phenoxy) is 2. The first-order valence-electron chi connectivity index (χ1n) is 4.21. The molecule has 1 aromatic carbocycles.